The van der Waals surface area contributed by atoms with Crippen LogP contribution in [0.15, 0.2) is 24.4 Å². The van der Waals surface area contributed by atoms with Crippen molar-refractivity contribution >= 4 is 16.4 Å². The van der Waals surface area contributed by atoms with E-state index in [1.165, 1.54) is 7.11 Å². The molecule has 1 aromatic rings. The molecule has 0 fully saturated rings. The number of carboxylic acid groups (broad SMARTS) is 1. The lowest BCUT2D eigenvalue weighted by Gasteiger charge is -2.10. The van der Waals surface area contributed by atoms with Crippen LogP contribution in [-0.4, -0.2) is 49.4 Å². The van der Waals surface area contributed by atoms with Gasteiger partial charge in [-0.3, -0.25) is 14.3 Å². The van der Waals surface area contributed by atoms with Crippen LogP contribution >= 0.6 is 0 Å². The van der Waals surface area contributed by atoms with Crippen LogP contribution in [0.5, 0.6) is 0 Å². The number of hydrogen-bond acceptors (Lipinski definition) is 6. The second-order valence-corrected chi connectivity index (χ2v) is 5.29. The minimum atomic E-state index is -4.28. The molecule has 0 aliphatic carbocycles. The number of aromatic nitrogens is 1. The standard InChI is InChI=1S/C10H13NO2.C3H8O5S/c1-2-8(7-10(12)13)9-5-3-4-6-11-9;1-7-2-3-8-9(4,5)6/h3-6,8H,2,7H2,1H3,(H,12,13);2-3H2,1H3,(H,4,5,6). The summed E-state index contributed by atoms with van der Waals surface area (Å²) >= 11 is 0. The molecule has 0 aromatic carbocycles. The Labute approximate surface area is 130 Å². The number of pyridine rings is 1. The smallest absolute Gasteiger partial charge is 0.397 e. The van der Waals surface area contributed by atoms with Crippen molar-refractivity contribution in [2.75, 3.05) is 20.3 Å². The monoisotopic (exact) mass is 335 g/mol. The van der Waals surface area contributed by atoms with Gasteiger partial charge in [-0.25, -0.2) is 4.18 Å². The van der Waals surface area contributed by atoms with Gasteiger partial charge in [0, 0.05) is 24.9 Å². The number of carbonyl (C=O) groups is 1. The van der Waals surface area contributed by atoms with Gasteiger partial charge in [0.25, 0.3) is 0 Å². The van der Waals surface area contributed by atoms with Crippen molar-refractivity contribution in [3.8, 4) is 0 Å². The molecule has 0 bridgehead atoms. The van der Waals surface area contributed by atoms with Gasteiger partial charge in [0.05, 0.1) is 19.6 Å². The minimum absolute atomic E-state index is 0.0405. The van der Waals surface area contributed by atoms with E-state index < -0.39 is 16.4 Å². The maximum atomic E-state index is 10.5. The topological polar surface area (TPSA) is 123 Å². The molecule has 0 aliphatic rings. The van der Waals surface area contributed by atoms with Crippen molar-refractivity contribution in [2.45, 2.75) is 25.7 Å². The summed E-state index contributed by atoms with van der Waals surface area (Å²) in [6.07, 6.45) is 2.66. The van der Waals surface area contributed by atoms with Crippen LogP contribution in [0.1, 0.15) is 31.4 Å². The average molecular weight is 335 g/mol. The molecule has 9 heteroatoms. The van der Waals surface area contributed by atoms with Gasteiger partial charge in [-0.05, 0) is 18.6 Å². The summed E-state index contributed by atoms with van der Waals surface area (Å²) in [6.45, 7) is 1.96. The van der Waals surface area contributed by atoms with Gasteiger partial charge in [-0.15, -0.1) is 0 Å². The van der Waals surface area contributed by atoms with Crippen molar-refractivity contribution in [1.82, 2.24) is 4.98 Å². The number of ether oxygens (including phenoxy) is 1. The number of aliphatic carboxylic acids is 1. The molecule has 2 N–H and O–H groups in total. The molecule has 8 nitrogen and oxygen atoms in total. The third kappa shape index (κ3) is 11.1. The van der Waals surface area contributed by atoms with Gasteiger partial charge in [0.15, 0.2) is 0 Å². The average Bonchev–Trinajstić information content (AvgIpc) is 2.45. The van der Waals surface area contributed by atoms with Crippen molar-refractivity contribution in [3.63, 3.8) is 0 Å². The van der Waals surface area contributed by atoms with E-state index in [0.29, 0.717) is 0 Å². The molecule has 0 amide bonds. The van der Waals surface area contributed by atoms with Crippen LogP contribution in [0.2, 0.25) is 0 Å². The highest BCUT2D eigenvalue weighted by molar-refractivity contribution is 7.80. The molecule has 0 radical (unpaired) electrons. The van der Waals surface area contributed by atoms with E-state index in [4.69, 9.17) is 9.66 Å². The SMILES string of the molecule is CCC(CC(=O)O)c1ccccn1.COCCOS(=O)(=O)O. The van der Waals surface area contributed by atoms with Crippen molar-refractivity contribution in [3.05, 3.63) is 30.1 Å². The summed E-state index contributed by atoms with van der Waals surface area (Å²) in [6, 6.07) is 5.58. The van der Waals surface area contributed by atoms with E-state index in [1.807, 2.05) is 25.1 Å². The highest BCUT2D eigenvalue weighted by Gasteiger charge is 2.13. The Morgan fingerprint density at radius 2 is 2.05 bits per heavy atom. The summed E-state index contributed by atoms with van der Waals surface area (Å²) < 4.78 is 35.8. The first kappa shape index (κ1) is 20.5. The zero-order chi connectivity index (χ0) is 17.0. The quantitative estimate of drug-likeness (QED) is 0.541. The summed E-state index contributed by atoms with van der Waals surface area (Å²) in [5.41, 5.74) is 0.868. The van der Waals surface area contributed by atoms with E-state index in [9.17, 15) is 13.2 Å². The summed E-state index contributed by atoms with van der Waals surface area (Å²) in [4.78, 5) is 14.7. The fraction of sp³-hybridized carbons (Fsp3) is 0.538. The van der Waals surface area contributed by atoms with Crippen LogP contribution in [-0.2, 0) is 24.1 Å². The van der Waals surface area contributed by atoms with E-state index in [-0.39, 0.29) is 25.6 Å². The zero-order valence-corrected chi connectivity index (χ0v) is 13.3. The molecule has 0 saturated heterocycles. The Hall–Kier alpha value is -1.55. The van der Waals surface area contributed by atoms with Gasteiger partial charge in [0.2, 0.25) is 0 Å². The molecule has 1 heterocycles. The molecule has 1 unspecified atom stereocenters. The van der Waals surface area contributed by atoms with Crippen molar-refractivity contribution in [2.24, 2.45) is 0 Å². The Morgan fingerprint density at radius 3 is 2.45 bits per heavy atom. The van der Waals surface area contributed by atoms with E-state index in [2.05, 4.69) is 13.9 Å². The first-order chi connectivity index (χ1) is 10.3. The van der Waals surface area contributed by atoms with Crippen LogP contribution < -0.4 is 0 Å². The van der Waals surface area contributed by atoms with E-state index in [1.54, 1.807) is 6.20 Å². The molecule has 1 aromatic heterocycles. The number of carboxylic acids is 1. The predicted octanol–water partition coefficient (Wildman–Crippen LogP) is 1.50. The molecule has 1 rings (SSSR count). The highest BCUT2D eigenvalue weighted by atomic mass is 32.3. The fourth-order valence-corrected chi connectivity index (χ4v) is 1.79. The third-order valence-electron chi connectivity index (χ3n) is 2.54. The minimum Gasteiger partial charge on any atom is -0.481 e. The Kier molecular flexibility index (Phi) is 10.3. The van der Waals surface area contributed by atoms with Gasteiger partial charge in [-0.1, -0.05) is 13.0 Å². The van der Waals surface area contributed by atoms with Gasteiger partial charge < -0.3 is 9.84 Å². The first-order valence-corrected chi connectivity index (χ1v) is 7.90. The van der Waals surface area contributed by atoms with Gasteiger partial charge in [-0.2, -0.15) is 8.42 Å². The normalized spacial score (nSPS) is 12.1. The summed E-state index contributed by atoms with van der Waals surface area (Å²) in [7, 11) is -2.88. The van der Waals surface area contributed by atoms with Crippen molar-refractivity contribution < 1.29 is 31.8 Å². The zero-order valence-electron chi connectivity index (χ0n) is 12.5. The first-order valence-electron chi connectivity index (χ1n) is 6.53. The molecule has 0 saturated carbocycles. The molecule has 0 spiro atoms. The molecule has 0 aliphatic heterocycles. The van der Waals surface area contributed by atoms with Crippen LogP contribution in [0.25, 0.3) is 0 Å². The lowest BCUT2D eigenvalue weighted by Crippen LogP contribution is -2.08. The van der Waals surface area contributed by atoms with Gasteiger partial charge >= 0.3 is 16.4 Å². The van der Waals surface area contributed by atoms with Crippen LogP contribution in [0, 0.1) is 0 Å². The van der Waals surface area contributed by atoms with Gasteiger partial charge in [0.1, 0.15) is 0 Å². The Balaban J connectivity index is 0.000000433. The lowest BCUT2D eigenvalue weighted by molar-refractivity contribution is -0.137. The number of hydrogen-bond donors (Lipinski definition) is 2. The predicted molar refractivity (Wildman–Crippen MR) is 78.9 cm³/mol. The lowest BCUT2D eigenvalue weighted by atomic mass is 9.98. The Morgan fingerprint density at radius 1 is 1.36 bits per heavy atom. The molecule has 1 atom stereocenters. The molecular formula is C13H21NO7S. The molecule has 126 valence electrons. The summed E-state index contributed by atoms with van der Waals surface area (Å²) in [5, 5.41) is 8.65. The highest BCUT2D eigenvalue weighted by Crippen LogP contribution is 2.20. The molecular weight excluding hydrogens is 314 g/mol. The maximum absolute atomic E-state index is 10.5. The van der Waals surface area contributed by atoms with Crippen LogP contribution in [0.4, 0.5) is 0 Å². The second kappa shape index (κ2) is 11.1. The largest absolute Gasteiger partial charge is 0.481 e. The summed E-state index contributed by atoms with van der Waals surface area (Å²) in [5.74, 6) is -0.726. The van der Waals surface area contributed by atoms with Crippen LogP contribution in [0.3, 0.4) is 0 Å². The fourth-order valence-electron chi connectivity index (χ4n) is 1.51. The molecule has 22 heavy (non-hydrogen) atoms. The number of methoxy groups -OCH3 is 1. The third-order valence-corrected chi connectivity index (χ3v) is 3.00. The van der Waals surface area contributed by atoms with Crippen molar-refractivity contribution in [1.29, 1.82) is 0 Å². The second-order valence-electron chi connectivity index (χ2n) is 4.20. The van der Waals surface area contributed by atoms with E-state index >= 15 is 0 Å². The number of rotatable bonds is 8. The van der Waals surface area contributed by atoms with E-state index in [0.717, 1.165) is 12.1 Å². The number of nitrogens with zero attached hydrogens (tertiary/aromatic N) is 1. The maximum Gasteiger partial charge on any atom is 0.397 e. The Bertz CT molecular complexity index is 518.